The number of hydrogen-bond donors (Lipinski definition) is 0. The van der Waals surface area contributed by atoms with Gasteiger partial charge in [-0.05, 0) is 37.0 Å². The van der Waals surface area contributed by atoms with E-state index in [1.54, 1.807) is 11.0 Å². The van der Waals surface area contributed by atoms with Gasteiger partial charge in [0.2, 0.25) is 0 Å². The molecule has 2 aliphatic rings. The molecule has 0 spiro atoms. The topological polar surface area (TPSA) is 34.5 Å². The van der Waals surface area contributed by atoms with Crippen LogP contribution >= 0.6 is 24.0 Å². The number of carbonyl (C=O) groups is 1. The molecular weight excluding hydrogens is 455 g/mol. The van der Waals surface area contributed by atoms with Crippen molar-refractivity contribution < 1.29 is 13.9 Å². The van der Waals surface area contributed by atoms with Gasteiger partial charge in [-0.15, -0.1) is 0 Å². The Morgan fingerprint density at radius 1 is 1.21 bits per heavy atom. The number of thioether (sulfide) groups is 1. The van der Waals surface area contributed by atoms with E-state index in [-0.39, 0.29) is 17.8 Å². The van der Waals surface area contributed by atoms with E-state index in [2.05, 4.69) is 23.6 Å². The van der Waals surface area contributed by atoms with Crippen LogP contribution in [0.25, 0.3) is 17.0 Å². The number of amides is 1. The summed E-state index contributed by atoms with van der Waals surface area (Å²) in [7, 11) is 0. The maximum Gasteiger partial charge on any atom is 0.266 e. The fourth-order valence-electron chi connectivity index (χ4n) is 4.59. The van der Waals surface area contributed by atoms with Gasteiger partial charge in [-0.2, -0.15) is 0 Å². The van der Waals surface area contributed by atoms with Crippen molar-refractivity contribution in [3.8, 4) is 0 Å². The number of rotatable bonds is 6. The van der Waals surface area contributed by atoms with Crippen molar-refractivity contribution in [1.82, 2.24) is 9.47 Å². The summed E-state index contributed by atoms with van der Waals surface area (Å²) in [5.74, 6) is -0.285. The maximum atomic E-state index is 14.4. The van der Waals surface area contributed by atoms with Gasteiger partial charge in [0.15, 0.2) is 0 Å². The predicted octanol–water partition coefficient (Wildman–Crippen LogP) is 5.77. The Kier molecular flexibility index (Phi) is 6.36. The van der Waals surface area contributed by atoms with Crippen LogP contribution in [0.5, 0.6) is 0 Å². The molecule has 0 N–H and O–H groups in total. The molecule has 2 saturated heterocycles. The van der Waals surface area contributed by atoms with Crippen molar-refractivity contribution in [2.75, 3.05) is 13.2 Å². The van der Waals surface area contributed by atoms with Crippen LogP contribution in [0.4, 0.5) is 4.39 Å². The molecule has 1 atom stereocenters. The molecule has 1 aromatic heterocycles. The van der Waals surface area contributed by atoms with E-state index < -0.39 is 0 Å². The van der Waals surface area contributed by atoms with Crippen LogP contribution in [0.15, 0.2) is 53.6 Å². The van der Waals surface area contributed by atoms with E-state index in [9.17, 15) is 9.18 Å². The first-order valence-electron chi connectivity index (χ1n) is 11.3. The van der Waals surface area contributed by atoms with Gasteiger partial charge in [0.25, 0.3) is 5.91 Å². The quantitative estimate of drug-likeness (QED) is 0.331. The minimum atomic E-state index is -0.218. The first-order valence-corrected chi connectivity index (χ1v) is 12.5. The summed E-state index contributed by atoms with van der Waals surface area (Å²) < 4.78 is 22.8. The molecule has 1 amide bonds. The molecule has 3 heterocycles. The zero-order chi connectivity index (χ0) is 22.9. The lowest BCUT2D eigenvalue weighted by Crippen LogP contribution is -2.35. The van der Waals surface area contributed by atoms with Gasteiger partial charge in [0, 0.05) is 29.3 Å². The number of fused-ring (bicyclic) bond motifs is 1. The third kappa shape index (κ3) is 4.37. The average Bonchev–Trinajstić information content (AvgIpc) is 3.52. The number of halogens is 1. The summed E-state index contributed by atoms with van der Waals surface area (Å²) in [6.07, 6.45) is 6.84. The number of thiocarbonyl (C=S) groups is 1. The van der Waals surface area contributed by atoms with Crippen molar-refractivity contribution in [3.05, 3.63) is 76.1 Å². The zero-order valence-corrected chi connectivity index (χ0v) is 20.1. The number of aromatic nitrogens is 1. The van der Waals surface area contributed by atoms with Crippen molar-refractivity contribution in [1.29, 1.82) is 0 Å². The molecule has 0 saturated carbocycles. The largest absolute Gasteiger partial charge is 0.376 e. The highest BCUT2D eigenvalue weighted by atomic mass is 32.2. The summed E-state index contributed by atoms with van der Waals surface area (Å²) >= 11 is 6.85. The smallest absolute Gasteiger partial charge is 0.266 e. The molecule has 5 rings (SSSR count). The van der Waals surface area contributed by atoms with E-state index in [4.69, 9.17) is 17.0 Å². The number of aryl methyl sites for hydroxylation is 1. The van der Waals surface area contributed by atoms with E-state index in [1.165, 1.54) is 23.4 Å². The van der Waals surface area contributed by atoms with Crippen LogP contribution in [0.2, 0.25) is 0 Å². The normalized spacial score (nSPS) is 20.0. The first kappa shape index (κ1) is 22.3. The summed E-state index contributed by atoms with van der Waals surface area (Å²) in [6.45, 7) is 3.80. The molecule has 0 radical (unpaired) electrons. The second-order valence-corrected chi connectivity index (χ2v) is 10.1. The van der Waals surface area contributed by atoms with Crippen LogP contribution in [-0.4, -0.2) is 39.0 Å². The maximum absolute atomic E-state index is 14.4. The Morgan fingerprint density at radius 2 is 2.03 bits per heavy atom. The molecule has 2 aromatic carbocycles. The van der Waals surface area contributed by atoms with Crippen molar-refractivity contribution in [2.45, 2.75) is 38.8 Å². The third-order valence-electron chi connectivity index (χ3n) is 6.26. The molecule has 2 aliphatic heterocycles. The molecular formula is C26H25FN2O2S2. The molecule has 0 unspecified atom stereocenters. The minimum Gasteiger partial charge on any atom is -0.376 e. The van der Waals surface area contributed by atoms with Gasteiger partial charge < -0.3 is 9.30 Å². The Balaban J connectivity index is 1.52. The molecule has 33 heavy (non-hydrogen) atoms. The Bertz CT molecular complexity index is 1260. The molecule has 4 nitrogen and oxygen atoms in total. The van der Waals surface area contributed by atoms with Crippen molar-refractivity contribution >= 4 is 51.2 Å². The summed E-state index contributed by atoms with van der Waals surface area (Å²) in [5, 5.41) is 1.05. The monoisotopic (exact) mass is 480 g/mol. The van der Waals surface area contributed by atoms with Gasteiger partial charge in [0.1, 0.15) is 10.1 Å². The zero-order valence-electron chi connectivity index (χ0n) is 18.4. The van der Waals surface area contributed by atoms with E-state index >= 15 is 0 Å². The summed E-state index contributed by atoms with van der Waals surface area (Å²) in [4.78, 5) is 15.4. The lowest BCUT2D eigenvalue weighted by Gasteiger charge is -2.18. The SMILES string of the molecule is CCc1cccc2c(/C=C3\SC(=S)N(C[C@@H]4CCCO4)C3=O)cn(Cc3ccccc3F)c12. The summed E-state index contributed by atoms with van der Waals surface area (Å²) in [5.41, 5.74) is 3.84. The van der Waals surface area contributed by atoms with Crippen molar-refractivity contribution in [3.63, 3.8) is 0 Å². The second kappa shape index (κ2) is 9.41. The number of hydrogen-bond acceptors (Lipinski definition) is 4. The minimum absolute atomic E-state index is 0.0571. The number of ether oxygens (including phenoxy) is 1. The Morgan fingerprint density at radius 3 is 2.79 bits per heavy atom. The molecule has 2 fully saturated rings. The lowest BCUT2D eigenvalue weighted by atomic mass is 10.1. The van der Waals surface area contributed by atoms with Gasteiger partial charge in [-0.1, -0.05) is 67.3 Å². The van der Waals surface area contributed by atoms with Crippen LogP contribution < -0.4 is 0 Å². The highest BCUT2D eigenvalue weighted by Gasteiger charge is 2.34. The van der Waals surface area contributed by atoms with E-state index in [1.807, 2.05) is 30.5 Å². The Labute approximate surface area is 202 Å². The Hall–Kier alpha value is -2.48. The number of nitrogens with zero attached hydrogens (tertiary/aromatic N) is 2. The first-order chi connectivity index (χ1) is 16.0. The predicted molar refractivity (Wildman–Crippen MR) is 136 cm³/mol. The standard InChI is InChI=1S/C26H25FN2O2S2/c1-2-17-8-5-10-21-19(15-28(24(17)21)14-18-7-3-4-11-22(18)27)13-23-25(30)29(26(32)33-23)16-20-9-6-12-31-20/h3-5,7-8,10-11,13,15,20H,2,6,9,12,14,16H2,1H3/b23-13-/t20-/m0/s1. The average molecular weight is 481 g/mol. The number of carbonyl (C=O) groups excluding carboxylic acids is 1. The summed E-state index contributed by atoms with van der Waals surface area (Å²) in [6, 6.07) is 13.1. The van der Waals surface area contributed by atoms with Crippen LogP contribution in [-0.2, 0) is 22.5 Å². The molecule has 0 aliphatic carbocycles. The van der Waals surface area contributed by atoms with Gasteiger partial charge in [-0.3, -0.25) is 9.69 Å². The fraction of sp³-hybridized carbons (Fsp3) is 0.308. The lowest BCUT2D eigenvalue weighted by molar-refractivity contribution is -0.123. The fourth-order valence-corrected chi connectivity index (χ4v) is 5.86. The van der Waals surface area contributed by atoms with Crippen molar-refractivity contribution in [2.24, 2.45) is 0 Å². The van der Waals surface area contributed by atoms with E-state index in [0.717, 1.165) is 42.3 Å². The second-order valence-electron chi connectivity index (χ2n) is 8.40. The molecule has 7 heteroatoms. The van der Waals surface area contributed by atoms with Crippen LogP contribution in [0, 0.1) is 5.82 Å². The van der Waals surface area contributed by atoms with E-state index in [0.29, 0.717) is 27.9 Å². The molecule has 0 bridgehead atoms. The van der Waals surface area contributed by atoms with Gasteiger partial charge in [0.05, 0.1) is 29.6 Å². The van der Waals surface area contributed by atoms with Crippen LogP contribution in [0.3, 0.4) is 0 Å². The van der Waals surface area contributed by atoms with Gasteiger partial charge in [-0.25, -0.2) is 4.39 Å². The highest BCUT2D eigenvalue weighted by Crippen LogP contribution is 2.36. The molecule has 3 aromatic rings. The third-order valence-corrected chi connectivity index (χ3v) is 7.64. The number of benzene rings is 2. The highest BCUT2D eigenvalue weighted by molar-refractivity contribution is 8.26. The van der Waals surface area contributed by atoms with Gasteiger partial charge >= 0.3 is 0 Å². The molecule has 170 valence electrons. The number of para-hydroxylation sites is 1. The van der Waals surface area contributed by atoms with Crippen LogP contribution in [0.1, 0.15) is 36.5 Å².